The molecule has 0 saturated carbocycles. The number of allylic oxidation sites excluding steroid dienone is 1. The van der Waals surface area contributed by atoms with E-state index in [2.05, 4.69) is 5.32 Å². The second-order valence-corrected chi connectivity index (χ2v) is 14.7. The van der Waals surface area contributed by atoms with Gasteiger partial charge in [0.15, 0.2) is 17.9 Å². The highest BCUT2D eigenvalue weighted by Crippen LogP contribution is 2.52. The molecule has 6 rings (SSSR count). The first-order valence-corrected chi connectivity index (χ1v) is 18.0. The van der Waals surface area contributed by atoms with Crippen molar-refractivity contribution in [2.45, 2.75) is 101 Å². The summed E-state index contributed by atoms with van der Waals surface area (Å²) in [5.41, 5.74) is -4.88. The number of ether oxygens (including phenoxy) is 5. The predicted molar refractivity (Wildman–Crippen MR) is 189 cm³/mol. The number of benzene rings is 2. The molecule has 0 spiro atoms. The zero-order chi connectivity index (χ0) is 40.0. The predicted octanol–water partition coefficient (Wildman–Crippen LogP) is 2.45. The third-order valence-electron chi connectivity index (χ3n) is 11.2. The van der Waals surface area contributed by atoms with Crippen LogP contribution in [0, 0.1) is 5.41 Å². The third kappa shape index (κ3) is 7.20. The number of aliphatic hydroxyl groups excluding tert-OH is 2. The normalized spacial score (nSPS) is 30.7. The second-order valence-electron chi connectivity index (χ2n) is 14.7. The summed E-state index contributed by atoms with van der Waals surface area (Å²) >= 11 is 0. The summed E-state index contributed by atoms with van der Waals surface area (Å²) < 4.78 is 28.1. The monoisotopic (exact) mass is 767 g/mol. The number of methoxy groups -OCH3 is 2. The number of nitrogens with one attached hydrogen (secondary N) is 1. The van der Waals surface area contributed by atoms with Crippen molar-refractivity contribution in [3.63, 3.8) is 0 Å². The van der Waals surface area contributed by atoms with E-state index in [1.54, 1.807) is 13.0 Å². The van der Waals surface area contributed by atoms with Crippen molar-refractivity contribution in [3.8, 4) is 17.2 Å². The number of carbonyl (C=O) groups excluding carboxylic acids is 5. The number of rotatable bonds is 8. The maximum atomic E-state index is 13.9. The summed E-state index contributed by atoms with van der Waals surface area (Å²) in [6, 6.07) is 3.28. The van der Waals surface area contributed by atoms with E-state index in [-0.39, 0.29) is 40.4 Å². The summed E-state index contributed by atoms with van der Waals surface area (Å²) in [7, 11) is 2.62. The fourth-order valence-corrected chi connectivity index (χ4v) is 8.06. The number of hydrogen-bond acceptors (Lipinski definition) is 15. The molecular formula is C39H45NO15. The molecule has 1 saturated heterocycles. The second kappa shape index (κ2) is 15.3. The van der Waals surface area contributed by atoms with Gasteiger partial charge in [0.1, 0.15) is 41.7 Å². The summed E-state index contributed by atoms with van der Waals surface area (Å²) in [4.78, 5) is 66.2. The average Bonchev–Trinajstić information content (AvgIpc) is 3.15. The van der Waals surface area contributed by atoms with Crippen molar-refractivity contribution in [3.05, 3.63) is 63.7 Å². The van der Waals surface area contributed by atoms with Gasteiger partial charge in [0.2, 0.25) is 5.78 Å². The number of fused-ring (bicyclic) bond motifs is 3. The quantitative estimate of drug-likeness (QED) is 0.110. The van der Waals surface area contributed by atoms with E-state index in [4.69, 9.17) is 23.7 Å². The van der Waals surface area contributed by atoms with E-state index >= 15 is 0 Å². The molecule has 55 heavy (non-hydrogen) atoms. The first-order valence-electron chi connectivity index (χ1n) is 18.0. The van der Waals surface area contributed by atoms with Crippen LogP contribution in [0.2, 0.25) is 0 Å². The number of esters is 1. The summed E-state index contributed by atoms with van der Waals surface area (Å²) in [5, 5.41) is 58.3. The molecule has 2 aromatic rings. The van der Waals surface area contributed by atoms with Gasteiger partial charge in [-0.2, -0.15) is 0 Å². The first kappa shape index (κ1) is 39.8. The summed E-state index contributed by atoms with van der Waals surface area (Å²) in [6.45, 7) is 2.22. The number of alkyl carbamates (subject to hydrolysis) is 1. The average molecular weight is 768 g/mol. The lowest BCUT2D eigenvalue weighted by molar-refractivity contribution is -0.249. The lowest BCUT2D eigenvalue weighted by atomic mass is 9.72. The summed E-state index contributed by atoms with van der Waals surface area (Å²) in [6.07, 6.45) is -2.57. The van der Waals surface area contributed by atoms with Gasteiger partial charge in [0.25, 0.3) is 0 Å². The van der Waals surface area contributed by atoms with Gasteiger partial charge < -0.3 is 54.5 Å². The van der Waals surface area contributed by atoms with E-state index in [1.165, 1.54) is 39.3 Å². The Morgan fingerprint density at radius 1 is 1.04 bits per heavy atom. The van der Waals surface area contributed by atoms with Crippen LogP contribution in [-0.2, 0) is 35.0 Å². The minimum Gasteiger partial charge on any atom is -0.507 e. The van der Waals surface area contributed by atoms with Crippen molar-refractivity contribution in [1.82, 2.24) is 5.32 Å². The molecule has 296 valence electrons. The molecule has 0 aromatic heterocycles. The van der Waals surface area contributed by atoms with E-state index in [0.29, 0.717) is 25.7 Å². The van der Waals surface area contributed by atoms with Crippen molar-refractivity contribution in [2.24, 2.45) is 5.41 Å². The van der Waals surface area contributed by atoms with Gasteiger partial charge in [-0.15, -0.1) is 0 Å². The molecule has 0 bridgehead atoms. The minimum atomic E-state index is -2.36. The van der Waals surface area contributed by atoms with Crippen molar-refractivity contribution >= 4 is 29.4 Å². The van der Waals surface area contributed by atoms with Crippen molar-refractivity contribution < 1.29 is 73.2 Å². The number of carbonyl (C=O) groups is 5. The zero-order valence-corrected chi connectivity index (χ0v) is 30.8. The van der Waals surface area contributed by atoms with Crippen LogP contribution in [0.3, 0.4) is 0 Å². The third-order valence-corrected chi connectivity index (χ3v) is 11.2. The Morgan fingerprint density at radius 2 is 1.76 bits per heavy atom. The molecule has 2 aromatic carbocycles. The topological polar surface area (TPSA) is 245 Å². The molecular weight excluding hydrogens is 722 g/mol. The van der Waals surface area contributed by atoms with Crippen LogP contribution in [0.4, 0.5) is 4.79 Å². The standard InChI is InChI=1S/C39H45NO15/c1-18-31(43)22(40-37(49)54-19-8-5-6-12-38(2,13-11-19)36(48)52-4)14-26(53-18)55-24-16-39(50,25(42)17-41)15-21-28(24)35(47)30-29(33(21)45)32(44)20-9-7-10-23(51-3)27(20)34(30)46/h5,7-10,18-19,22,24,26,31,41,43,45,47,50H,6,11-17H2,1-4H3,(H,40,49)/b8-5+/t18-,19?,22-,24-,26-,31+,38+,39-/m0/s1. The molecule has 16 heteroatoms. The van der Waals surface area contributed by atoms with E-state index in [0.717, 1.165) is 0 Å². The molecule has 3 aliphatic carbocycles. The molecule has 1 aliphatic heterocycles. The number of hydrogen-bond donors (Lipinski definition) is 6. The number of aliphatic hydroxyl groups is 3. The minimum absolute atomic E-state index is 0.0549. The summed E-state index contributed by atoms with van der Waals surface area (Å²) in [5.74, 6) is -4.48. The number of ketones is 3. The molecule has 1 heterocycles. The molecule has 0 radical (unpaired) electrons. The molecule has 4 aliphatic rings. The Morgan fingerprint density at radius 3 is 2.45 bits per heavy atom. The van der Waals surface area contributed by atoms with Crippen LogP contribution in [0.15, 0.2) is 30.4 Å². The van der Waals surface area contributed by atoms with E-state index in [1.807, 2.05) is 6.08 Å². The maximum absolute atomic E-state index is 13.9. The van der Waals surface area contributed by atoms with Gasteiger partial charge in [-0.25, -0.2) is 4.79 Å². The van der Waals surface area contributed by atoms with E-state index in [9.17, 15) is 49.5 Å². The molecule has 1 amide bonds. The highest BCUT2D eigenvalue weighted by molar-refractivity contribution is 6.31. The SMILES string of the molecule is COC(=O)[C@]1(C)CC/C=C/C(OC(=O)N[C@H]2C[C@H](O[C@H]3C[C@](O)(C(=O)CO)Cc4c(O)c5c(c(O)c43)C(=O)c3c(OC)cccc3C5=O)O[C@@H](C)[C@H]2O)CC1. The van der Waals surface area contributed by atoms with Gasteiger partial charge in [-0.3, -0.25) is 19.2 Å². The van der Waals surface area contributed by atoms with Gasteiger partial charge in [0, 0.05) is 36.0 Å². The zero-order valence-electron chi connectivity index (χ0n) is 30.8. The molecule has 16 nitrogen and oxygen atoms in total. The number of phenolic OH excluding ortho intramolecular Hbond substituents is 2. The smallest absolute Gasteiger partial charge is 0.408 e. The Hall–Kier alpha value is -4.87. The van der Waals surface area contributed by atoms with Crippen LogP contribution >= 0.6 is 0 Å². The van der Waals surface area contributed by atoms with Crippen LogP contribution < -0.4 is 10.1 Å². The first-order chi connectivity index (χ1) is 26.1. The van der Waals surface area contributed by atoms with Crippen LogP contribution in [-0.4, -0.2) is 112 Å². The van der Waals surface area contributed by atoms with Gasteiger partial charge in [0.05, 0.1) is 54.6 Å². The lowest BCUT2D eigenvalue weighted by Gasteiger charge is -2.42. The number of amides is 1. The molecule has 6 N–H and O–H groups in total. The van der Waals surface area contributed by atoms with Gasteiger partial charge in [-0.1, -0.05) is 18.2 Å². The Bertz CT molecular complexity index is 1940. The van der Waals surface area contributed by atoms with Crippen LogP contribution in [0.1, 0.15) is 101 Å². The Balaban J connectivity index is 1.28. The molecule has 1 fully saturated rings. The Kier molecular flexibility index (Phi) is 11.1. The number of aromatic hydroxyl groups is 2. The van der Waals surface area contributed by atoms with Gasteiger partial charge >= 0.3 is 12.1 Å². The molecule has 8 atom stereocenters. The van der Waals surface area contributed by atoms with Crippen LogP contribution in [0.25, 0.3) is 0 Å². The number of Topliss-reactive ketones (excluding diaryl/α,β-unsaturated/α-hetero) is 1. The van der Waals surface area contributed by atoms with Crippen LogP contribution in [0.5, 0.6) is 17.2 Å². The largest absolute Gasteiger partial charge is 0.507 e. The highest BCUT2D eigenvalue weighted by atomic mass is 16.7. The fraction of sp³-hybridized carbons (Fsp3) is 0.513. The van der Waals surface area contributed by atoms with Gasteiger partial charge in [-0.05, 0) is 51.7 Å². The fourth-order valence-electron chi connectivity index (χ4n) is 8.06. The highest BCUT2D eigenvalue weighted by Gasteiger charge is 2.50. The maximum Gasteiger partial charge on any atom is 0.408 e. The van der Waals surface area contributed by atoms with Crippen molar-refractivity contribution in [2.75, 3.05) is 20.8 Å². The molecule has 1 unspecified atom stereocenters. The Labute approximate surface area is 316 Å². The van der Waals surface area contributed by atoms with E-state index < -0.39 is 113 Å². The van der Waals surface area contributed by atoms with Crippen molar-refractivity contribution in [1.29, 1.82) is 0 Å². The lowest BCUT2D eigenvalue weighted by Crippen LogP contribution is -2.56. The number of phenols is 2.